The number of benzene rings is 1. The lowest BCUT2D eigenvalue weighted by Crippen LogP contribution is -2.22. The van der Waals surface area contributed by atoms with Crippen LogP contribution in [-0.4, -0.2) is 29.1 Å². The molecule has 0 saturated carbocycles. The predicted molar refractivity (Wildman–Crippen MR) is 81.6 cm³/mol. The Bertz CT molecular complexity index is 483. The van der Waals surface area contributed by atoms with E-state index in [-0.39, 0.29) is 22.9 Å². The lowest BCUT2D eigenvalue weighted by molar-refractivity contribution is -0.122. The molecular weight excluding hydrogens is 268 g/mol. The second-order valence-electron chi connectivity index (χ2n) is 6.30. The van der Waals surface area contributed by atoms with Gasteiger partial charge in [0.2, 0.25) is 0 Å². The SMILES string of the molecule is C[C@H](CCOC(C)(C)C)C(=O)Cc1ccc(C(=O)O)cc1. The van der Waals surface area contributed by atoms with Crippen LogP contribution in [0.4, 0.5) is 0 Å². The molecule has 0 unspecified atom stereocenters. The third-order valence-electron chi connectivity index (χ3n) is 3.21. The minimum absolute atomic E-state index is 0.0634. The Balaban J connectivity index is 2.46. The summed E-state index contributed by atoms with van der Waals surface area (Å²) in [5.41, 5.74) is 0.890. The molecule has 1 rings (SSSR count). The van der Waals surface area contributed by atoms with Gasteiger partial charge in [0.25, 0.3) is 0 Å². The number of aromatic carboxylic acids is 1. The number of carbonyl (C=O) groups is 2. The summed E-state index contributed by atoms with van der Waals surface area (Å²) < 4.78 is 5.62. The molecule has 0 saturated heterocycles. The van der Waals surface area contributed by atoms with Gasteiger partial charge in [0, 0.05) is 18.9 Å². The van der Waals surface area contributed by atoms with E-state index in [1.165, 1.54) is 12.1 Å². The largest absolute Gasteiger partial charge is 0.478 e. The van der Waals surface area contributed by atoms with Crippen molar-refractivity contribution in [3.8, 4) is 0 Å². The summed E-state index contributed by atoms with van der Waals surface area (Å²) in [6, 6.07) is 6.44. The van der Waals surface area contributed by atoms with Crippen molar-refractivity contribution in [2.75, 3.05) is 6.61 Å². The van der Waals surface area contributed by atoms with Crippen molar-refractivity contribution in [1.82, 2.24) is 0 Å². The smallest absolute Gasteiger partial charge is 0.335 e. The number of carboxylic acids is 1. The van der Waals surface area contributed by atoms with Gasteiger partial charge in [-0.3, -0.25) is 4.79 Å². The first-order chi connectivity index (χ1) is 9.69. The summed E-state index contributed by atoms with van der Waals surface area (Å²) in [7, 11) is 0. The van der Waals surface area contributed by atoms with Gasteiger partial charge in [0.15, 0.2) is 0 Å². The average molecular weight is 292 g/mol. The van der Waals surface area contributed by atoms with E-state index in [2.05, 4.69) is 0 Å². The van der Waals surface area contributed by atoms with E-state index in [1.807, 2.05) is 27.7 Å². The molecule has 0 bridgehead atoms. The van der Waals surface area contributed by atoms with Crippen molar-refractivity contribution in [2.24, 2.45) is 5.92 Å². The number of Topliss-reactive ketones (excluding diaryl/α,β-unsaturated/α-hetero) is 1. The molecule has 0 fully saturated rings. The predicted octanol–water partition coefficient (Wildman–Crippen LogP) is 3.34. The van der Waals surface area contributed by atoms with Crippen molar-refractivity contribution < 1.29 is 19.4 Å². The van der Waals surface area contributed by atoms with Gasteiger partial charge in [-0.1, -0.05) is 19.1 Å². The molecule has 0 radical (unpaired) electrons. The van der Waals surface area contributed by atoms with Crippen LogP contribution in [0.25, 0.3) is 0 Å². The number of carbonyl (C=O) groups excluding carboxylic acids is 1. The Morgan fingerprint density at radius 2 is 1.76 bits per heavy atom. The molecule has 116 valence electrons. The Morgan fingerprint density at radius 3 is 2.24 bits per heavy atom. The van der Waals surface area contributed by atoms with E-state index in [0.29, 0.717) is 19.4 Å². The van der Waals surface area contributed by atoms with Crippen LogP contribution >= 0.6 is 0 Å². The van der Waals surface area contributed by atoms with Gasteiger partial charge in [0.05, 0.1) is 11.2 Å². The summed E-state index contributed by atoms with van der Waals surface area (Å²) in [6.45, 7) is 8.44. The molecule has 0 spiro atoms. The van der Waals surface area contributed by atoms with E-state index in [0.717, 1.165) is 5.56 Å². The molecule has 4 nitrogen and oxygen atoms in total. The summed E-state index contributed by atoms with van der Waals surface area (Å²) >= 11 is 0. The summed E-state index contributed by atoms with van der Waals surface area (Å²) in [5.74, 6) is -0.873. The van der Waals surface area contributed by atoms with E-state index in [4.69, 9.17) is 9.84 Å². The highest BCUT2D eigenvalue weighted by Gasteiger charge is 2.16. The molecule has 1 atom stereocenters. The molecule has 0 aromatic heterocycles. The van der Waals surface area contributed by atoms with Crippen LogP contribution in [0.2, 0.25) is 0 Å². The molecule has 0 aliphatic heterocycles. The van der Waals surface area contributed by atoms with Crippen LogP contribution in [0.3, 0.4) is 0 Å². The number of carboxylic acid groups (broad SMARTS) is 1. The van der Waals surface area contributed by atoms with Crippen molar-refractivity contribution in [3.63, 3.8) is 0 Å². The average Bonchev–Trinajstić information content (AvgIpc) is 2.37. The highest BCUT2D eigenvalue weighted by Crippen LogP contribution is 2.13. The minimum Gasteiger partial charge on any atom is -0.478 e. The zero-order chi connectivity index (χ0) is 16.0. The van der Waals surface area contributed by atoms with Gasteiger partial charge < -0.3 is 9.84 Å². The van der Waals surface area contributed by atoms with Crippen molar-refractivity contribution in [1.29, 1.82) is 0 Å². The van der Waals surface area contributed by atoms with Gasteiger partial charge >= 0.3 is 5.97 Å². The quantitative estimate of drug-likeness (QED) is 0.837. The number of rotatable bonds is 7. The standard InChI is InChI=1S/C17H24O4/c1-12(9-10-21-17(2,3)4)15(18)11-13-5-7-14(8-6-13)16(19)20/h5-8,12H,9-11H2,1-4H3,(H,19,20)/t12-/m1/s1. The highest BCUT2D eigenvalue weighted by molar-refractivity contribution is 5.88. The lowest BCUT2D eigenvalue weighted by atomic mass is 9.96. The third kappa shape index (κ3) is 6.54. The molecule has 1 N–H and O–H groups in total. The van der Waals surface area contributed by atoms with Crippen LogP contribution in [0.5, 0.6) is 0 Å². The number of hydrogen-bond acceptors (Lipinski definition) is 3. The van der Waals surface area contributed by atoms with E-state index in [9.17, 15) is 9.59 Å². The monoisotopic (exact) mass is 292 g/mol. The molecule has 0 aliphatic carbocycles. The molecular formula is C17H24O4. The normalized spacial score (nSPS) is 13.0. The molecule has 0 amide bonds. The van der Waals surface area contributed by atoms with E-state index >= 15 is 0 Å². The fourth-order valence-electron chi connectivity index (χ4n) is 1.84. The first-order valence-electron chi connectivity index (χ1n) is 7.18. The zero-order valence-electron chi connectivity index (χ0n) is 13.2. The van der Waals surface area contributed by atoms with E-state index < -0.39 is 5.97 Å². The Kier molecular flexibility index (Phi) is 6.09. The Morgan fingerprint density at radius 1 is 1.19 bits per heavy atom. The fourth-order valence-corrected chi connectivity index (χ4v) is 1.84. The molecule has 21 heavy (non-hydrogen) atoms. The van der Waals surface area contributed by atoms with Gasteiger partial charge in [-0.2, -0.15) is 0 Å². The van der Waals surface area contributed by atoms with Crippen molar-refractivity contribution in [3.05, 3.63) is 35.4 Å². The molecule has 0 aliphatic rings. The Hall–Kier alpha value is -1.68. The summed E-state index contributed by atoms with van der Waals surface area (Å²) in [6.07, 6.45) is 1.03. The maximum atomic E-state index is 12.1. The van der Waals surface area contributed by atoms with Gasteiger partial charge in [-0.25, -0.2) is 4.79 Å². The molecule has 1 aromatic carbocycles. The first-order valence-corrected chi connectivity index (χ1v) is 7.18. The van der Waals surface area contributed by atoms with Gasteiger partial charge in [0.1, 0.15) is 5.78 Å². The maximum absolute atomic E-state index is 12.1. The summed E-state index contributed by atoms with van der Waals surface area (Å²) in [5, 5.41) is 8.83. The Labute approximate surface area is 126 Å². The van der Waals surface area contributed by atoms with Crippen LogP contribution in [0.1, 0.15) is 50.0 Å². The fraction of sp³-hybridized carbons (Fsp3) is 0.529. The van der Waals surface area contributed by atoms with Crippen LogP contribution in [0, 0.1) is 5.92 Å². The number of ether oxygens (including phenoxy) is 1. The van der Waals surface area contributed by atoms with Crippen LogP contribution in [0.15, 0.2) is 24.3 Å². The molecule has 1 aromatic rings. The number of hydrogen-bond donors (Lipinski definition) is 1. The van der Waals surface area contributed by atoms with Gasteiger partial charge in [-0.05, 0) is 44.9 Å². The lowest BCUT2D eigenvalue weighted by Gasteiger charge is -2.20. The second-order valence-corrected chi connectivity index (χ2v) is 6.30. The summed E-state index contributed by atoms with van der Waals surface area (Å²) in [4.78, 5) is 22.9. The highest BCUT2D eigenvalue weighted by atomic mass is 16.5. The number of ketones is 1. The second kappa shape index (κ2) is 7.36. The maximum Gasteiger partial charge on any atom is 0.335 e. The molecule has 4 heteroatoms. The van der Waals surface area contributed by atoms with Crippen molar-refractivity contribution in [2.45, 2.75) is 46.1 Å². The minimum atomic E-state index is -0.958. The van der Waals surface area contributed by atoms with Gasteiger partial charge in [-0.15, -0.1) is 0 Å². The zero-order valence-corrected chi connectivity index (χ0v) is 13.2. The van der Waals surface area contributed by atoms with Crippen molar-refractivity contribution >= 4 is 11.8 Å². The first kappa shape index (κ1) is 17.4. The van der Waals surface area contributed by atoms with Crippen LogP contribution < -0.4 is 0 Å². The third-order valence-corrected chi connectivity index (χ3v) is 3.21. The van der Waals surface area contributed by atoms with E-state index in [1.54, 1.807) is 12.1 Å². The topological polar surface area (TPSA) is 63.6 Å². The molecule has 0 heterocycles. The van der Waals surface area contributed by atoms with Crippen LogP contribution in [-0.2, 0) is 16.0 Å².